The third-order valence-electron chi connectivity index (χ3n) is 2.57. The summed E-state index contributed by atoms with van der Waals surface area (Å²) in [6.45, 7) is 0. The minimum Gasteiger partial charge on any atom is -0.338 e. The molecular formula is C13H11N2P. The first-order chi connectivity index (χ1) is 7.83. The van der Waals surface area contributed by atoms with Gasteiger partial charge in [0.05, 0.1) is 11.0 Å². The van der Waals surface area contributed by atoms with Crippen LogP contribution in [0.1, 0.15) is 0 Å². The van der Waals surface area contributed by atoms with E-state index in [2.05, 4.69) is 43.5 Å². The summed E-state index contributed by atoms with van der Waals surface area (Å²) in [5, 5.41) is 1.18. The maximum absolute atomic E-state index is 4.55. The average molecular weight is 226 g/mol. The normalized spacial score (nSPS) is 10.8. The van der Waals surface area contributed by atoms with Crippen molar-refractivity contribution >= 4 is 25.6 Å². The average Bonchev–Trinajstić information content (AvgIpc) is 2.73. The molecule has 16 heavy (non-hydrogen) atoms. The van der Waals surface area contributed by atoms with E-state index < -0.39 is 0 Å². The molecule has 0 aliphatic heterocycles. The lowest BCUT2D eigenvalue weighted by molar-refractivity contribution is 1.34. The predicted molar refractivity (Wildman–Crippen MR) is 70.9 cm³/mol. The predicted octanol–water partition coefficient (Wildman–Crippen LogP) is 2.73. The molecule has 1 heterocycles. The van der Waals surface area contributed by atoms with E-state index in [4.69, 9.17) is 0 Å². The summed E-state index contributed by atoms with van der Waals surface area (Å²) in [6.07, 6.45) is 0. The molecule has 0 aliphatic carbocycles. The van der Waals surface area contributed by atoms with Gasteiger partial charge in [-0.05, 0) is 17.4 Å². The molecule has 0 radical (unpaired) electrons. The van der Waals surface area contributed by atoms with Crippen LogP contribution in [0.2, 0.25) is 0 Å². The quantitative estimate of drug-likeness (QED) is 0.635. The monoisotopic (exact) mass is 226 g/mol. The van der Waals surface area contributed by atoms with Crippen molar-refractivity contribution in [3.05, 3.63) is 48.5 Å². The van der Waals surface area contributed by atoms with Gasteiger partial charge in [-0.1, -0.05) is 36.4 Å². The molecule has 78 valence electrons. The first-order valence-corrected chi connectivity index (χ1v) is 5.71. The summed E-state index contributed by atoms with van der Waals surface area (Å²) in [4.78, 5) is 7.86. The lowest BCUT2D eigenvalue weighted by atomic mass is 10.2. The van der Waals surface area contributed by atoms with Crippen molar-refractivity contribution in [2.75, 3.05) is 0 Å². The van der Waals surface area contributed by atoms with Crippen LogP contribution in [0.4, 0.5) is 0 Å². The topological polar surface area (TPSA) is 28.7 Å². The zero-order valence-electron chi connectivity index (χ0n) is 8.64. The third kappa shape index (κ3) is 1.62. The van der Waals surface area contributed by atoms with Crippen LogP contribution < -0.4 is 5.30 Å². The summed E-state index contributed by atoms with van der Waals surface area (Å²) < 4.78 is 0. The molecule has 0 spiro atoms. The molecule has 2 aromatic carbocycles. The second-order valence-corrected chi connectivity index (χ2v) is 4.39. The Hall–Kier alpha value is -1.66. The van der Waals surface area contributed by atoms with Crippen LogP contribution in [0, 0.1) is 0 Å². The van der Waals surface area contributed by atoms with Crippen molar-refractivity contribution in [2.24, 2.45) is 0 Å². The Morgan fingerprint density at radius 3 is 2.44 bits per heavy atom. The number of para-hydroxylation sites is 2. The highest BCUT2D eigenvalue weighted by molar-refractivity contribution is 7.27. The lowest BCUT2D eigenvalue weighted by Crippen LogP contribution is -1.88. The van der Waals surface area contributed by atoms with E-state index in [1.807, 2.05) is 24.3 Å². The van der Waals surface area contributed by atoms with Crippen LogP contribution in [0.3, 0.4) is 0 Å². The molecule has 0 bridgehead atoms. The fraction of sp³-hybridized carbons (Fsp3) is 0. The number of aromatic amines is 1. The van der Waals surface area contributed by atoms with Crippen LogP contribution in [-0.4, -0.2) is 9.97 Å². The fourth-order valence-corrected chi connectivity index (χ4v) is 1.92. The van der Waals surface area contributed by atoms with E-state index in [-0.39, 0.29) is 0 Å². The molecule has 0 saturated carbocycles. The summed E-state index contributed by atoms with van der Waals surface area (Å²) in [7, 11) is 2.68. The minimum absolute atomic E-state index is 0.922. The number of aromatic nitrogens is 2. The Morgan fingerprint density at radius 2 is 1.69 bits per heavy atom. The third-order valence-corrected chi connectivity index (χ3v) is 2.96. The number of imidazole rings is 1. The van der Waals surface area contributed by atoms with E-state index in [1.165, 1.54) is 5.30 Å². The summed E-state index contributed by atoms with van der Waals surface area (Å²) in [6, 6.07) is 16.3. The van der Waals surface area contributed by atoms with Crippen molar-refractivity contribution in [1.29, 1.82) is 0 Å². The number of hydrogen-bond acceptors (Lipinski definition) is 1. The molecule has 3 rings (SSSR count). The van der Waals surface area contributed by atoms with Crippen LogP contribution in [0.5, 0.6) is 0 Å². The van der Waals surface area contributed by atoms with Gasteiger partial charge in [-0.3, -0.25) is 0 Å². The summed E-state index contributed by atoms with van der Waals surface area (Å²) in [5.74, 6) is 0.922. The van der Waals surface area contributed by atoms with Gasteiger partial charge in [-0.2, -0.15) is 0 Å². The van der Waals surface area contributed by atoms with E-state index in [9.17, 15) is 0 Å². The number of H-pyrrole nitrogens is 1. The van der Waals surface area contributed by atoms with E-state index in [1.54, 1.807) is 0 Å². The molecule has 3 aromatic rings. The lowest BCUT2D eigenvalue weighted by Gasteiger charge is -1.96. The van der Waals surface area contributed by atoms with E-state index in [0.29, 0.717) is 0 Å². The Balaban J connectivity index is 2.15. The van der Waals surface area contributed by atoms with Crippen LogP contribution >= 0.6 is 9.24 Å². The maximum atomic E-state index is 4.55. The standard InChI is InChI=1S/C13H11N2P/c16-10-7-5-9(6-8-10)13-14-11-3-1-2-4-12(11)15-13/h1-8H,16H2,(H,14,15). The second-order valence-electron chi connectivity index (χ2n) is 3.72. The van der Waals surface area contributed by atoms with Gasteiger partial charge in [0.25, 0.3) is 0 Å². The molecular weight excluding hydrogens is 215 g/mol. The number of nitrogens with one attached hydrogen (secondary N) is 1. The Kier molecular flexibility index (Phi) is 2.23. The number of fused-ring (bicyclic) bond motifs is 1. The van der Waals surface area contributed by atoms with Crippen LogP contribution in [0.25, 0.3) is 22.4 Å². The highest BCUT2D eigenvalue weighted by Gasteiger charge is 2.03. The van der Waals surface area contributed by atoms with Gasteiger partial charge < -0.3 is 4.98 Å². The van der Waals surface area contributed by atoms with Gasteiger partial charge in [0, 0.05) is 5.56 Å². The molecule has 1 aromatic heterocycles. The minimum atomic E-state index is 0.922. The van der Waals surface area contributed by atoms with Crippen molar-refractivity contribution in [3.8, 4) is 11.4 Å². The van der Waals surface area contributed by atoms with Crippen molar-refractivity contribution < 1.29 is 0 Å². The van der Waals surface area contributed by atoms with Crippen molar-refractivity contribution in [3.63, 3.8) is 0 Å². The first kappa shape index (κ1) is 9.56. The highest BCUT2D eigenvalue weighted by Crippen LogP contribution is 2.19. The first-order valence-electron chi connectivity index (χ1n) is 5.13. The Morgan fingerprint density at radius 1 is 0.938 bits per heavy atom. The summed E-state index contributed by atoms with van der Waals surface area (Å²) >= 11 is 0. The number of nitrogens with zero attached hydrogens (tertiary/aromatic N) is 1. The largest absolute Gasteiger partial charge is 0.338 e. The van der Waals surface area contributed by atoms with E-state index >= 15 is 0 Å². The molecule has 0 aliphatic rings. The Bertz CT molecular complexity index is 593. The van der Waals surface area contributed by atoms with Crippen LogP contribution in [0.15, 0.2) is 48.5 Å². The molecule has 1 N–H and O–H groups in total. The zero-order valence-corrected chi connectivity index (χ0v) is 9.80. The number of hydrogen-bond donors (Lipinski definition) is 1. The molecule has 2 nitrogen and oxygen atoms in total. The molecule has 1 unspecified atom stereocenters. The van der Waals surface area contributed by atoms with Gasteiger partial charge in [0.1, 0.15) is 5.82 Å². The van der Waals surface area contributed by atoms with Gasteiger partial charge in [0.2, 0.25) is 0 Å². The molecule has 0 saturated heterocycles. The van der Waals surface area contributed by atoms with Crippen molar-refractivity contribution in [2.45, 2.75) is 0 Å². The van der Waals surface area contributed by atoms with Gasteiger partial charge in [-0.15, -0.1) is 9.24 Å². The van der Waals surface area contributed by atoms with E-state index in [0.717, 1.165) is 22.4 Å². The van der Waals surface area contributed by atoms with Crippen molar-refractivity contribution in [1.82, 2.24) is 9.97 Å². The number of benzene rings is 2. The highest BCUT2D eigenvalue weighted by atomic mass is 31.0. The van der Waals surface area contributed by atoms with Gasteiger partial charge in [0.15, 0.2) is 0 Å². The zero-order chi connectivity index (χ0) is 11.0. The van der Waals surface area contributed by atoms with Crippen LogP contribution in [-0.2, 0) is 0 Å². The number of rotatable bonds is 1. The Labute approximate surface area is 95.9 Å². The smallest absolute Gasteiger partial charge is 0.138 e. The fourth-order valence-electron chi connectivity index (χ4n) is 1.73. The molecule has 0 fully saturated rings. The maximum Gasteiger partial charge on any atom is 0.138 e. The SMILES string of the molecule is Pc1ccc(-c2nc3ccccc3[nH]2)cc1. The summed E-state index contributed by atoms with van der Waals surface area (Å²) in [5.41, 5.74) is 3.20. The second kappa shape index (κ2) is 3.73. The molecule has 3 heteroatoms. The molecule has 0 amide bonds. The van der Waals surface area contributed by atoms with Gasteiger partial charge >= 0.3 is 0 Å². The van der Waals surface area contributed by atoms with Gasteiger partial charge in [-0.25, -0.2) is 4.98 Å². The molecule has 1 atom stereocenters.